The molecule has 1 aromatic rings. The highest BCUT2D eigenvalue weighted by atomic mass is 32.1. The van der Waals surface area contributed by atoms with Crippen LogP contribution in [0.2, 0.25) is 0 Å². The molecule has 1 N–H and O–H groups in total. The molecule has 0 aliphatic carbocycles. The first kappa shape index (κ1) is 16.5. The zero-order valence-corrected chi connectivity index (χ0v) is 13.7. The summed E-state index contributed by atoms with van der Waals surface area (Å²) in [6.45, 7) is 5.59. The van der Waals surface area contributed by atoms with Crippen LogP contribution in [-0.2, 0) is 9.59 Å². The maximum Gasteiger partial charge on any atom is 0.261 e. The molecule has 1 atom stereocenters. The van der Waals surface area contributed by atoms with Gasteiger partial charge in [-0.05, 0) is 24.8 Å². The zero-order valence-electron chi connectivity index (χ0n) is 12.9. The number of nitrogens with zero attached hydrogens (tertiary/aromatic N) is 2. The van der Waals surface area contributed by atoms with Gasteiger partial charge in [-0.15, -0.1) is 11.3 Å². The fourth-order valence-corrected chi connectivity index (χ4v) is 3.09. The molecule has 1 aliphatic rings. The van der Waals surface area contributed by atoms with E-state index >= 15 is 0 Å². The number of thiophene rings is 1. The van der Waals surface area contributed by atoms with E-state index in [1.54, 1.807) is 35.8 Å². The van der Waals surface area contributed by atoms with E-state index in [9.17, 15) is 14.4 Å². The molecule has 7 heteroatoms. The van der Waals surface area contributed by atoms with Crippen LogP contribution in [0.25, 0.3) is 0 Å². The fraction of sp³-hybridized carbons (Fsp3) is 0.533. The van der Waals surface area contributed by atoms with Gasteiger partial charge >= 0.3 is 0 Å². The Hall–Kier alpha value is -1.89. The molecule has 1 unspecified atom stereocenters. The first-order valence-corrected chi connectivity index (χ1v) is 8.25. The van der Waals surface area contributed by atoms with Gasteiger partial charge in [-0.2, -0.15) is 0 Å². The summed E-state index contributed by atoms with van der Waals surface area (Å²) < 4.78 is 0. The summed E-state index contributed by atoms with van der Waals surface area (Å²) in [5, 5.41) is 4.56. The third-order valence-corrected chi connectivity index (χ3v) is 4.58. The van der Waals surface area contributed by atoms with Crippen molar-refractivity contribution >= 4 is 29.1 Å². The topological polar surface area (TPSA) is 69.7 Å². The minimum atomic E-state index is -0.571. The second kappa shape index (κ2) is 7.40. The quantitative estimate of drug-likeness (QED) is 0.900. The standard InChI is InChI=1S/C15H21N3O3S/c1-11(16-14(20)13-5-3-10-22-13)15(21)18-7-4-6-17(8-9-18)12(2)19/h3,5,10-11H,4,6-9H2,1-2H3,(H,16,20). The van der Waals surface area contributed by atoms with Crippen molar-refractivity contribution in [3.05, 3.63) is 22.4 Å². The average Bonchev–Trinajstić information content (AvgIpc) is 2.90. The Bertz CT molecular complexity index is 544. The lowest BCUT2D eigenvalue weighted by molar-refractivity contribution is -0.133. The van der Waals surface area contributed by atoms with E-state index < -0.39 is 6.04 Å². The number of hydrogen-bond acceptors (Lipinski definition) is 4. The molecule has 120 valence electrons. The Balaban J connectivity index is 1.90. The number of hydrogen-bond donors (Lipinski definition) is 1. The molecule has 1 aliphatic heterocycles. The third-order valence-electron chi connectivity index (χ3n) is 3.72. The normalized spacial score (nSPS) is 16.8. The van der Waals surface area contributed by atoms with Crippen molar-refractivity contribution in [1.82, 2.24) is 15.1 Å². The highest BCUT2D eigenvalue weighted by Crippen LogP contribution is 2.09. The number of carbonyl (C=O) groups excluding carboxylic acids is 3. The Labute approximate surface area is 134 Å². The SMILES string of the molecule is CC(=O)N1CCCN(C(=O)C(C)NC(=O)c2cccs2)CC1. The first-order chi connectivity index (χ1) is 10.5. The van der Waals surface area contributed by atoms with Crippen molar-refractivity contribution in [1.29, 1.82) is 0 Å². The molecule has 2 heterocycles. The molecule has 3 amide bonds. The number of amides is 3. The highest BCUT2D eigenvalue weighted by molar-refractivity contribution is 7.12. The summed E-state index contributed by atoms with van der Waals surface area (Å²) >= 11 is 1.35. The molecule has 1 aromatic heterocycles. The van der Waals surface area contributed by atoms with Crippen molar-refractivity contribution in [3.63, 3.8) is 0 Å². The Morgan fingerprint density at radius 2 is 1.86 bits per heavy atom. The Morgan fingerprint density at radius 1 is 1.18 bits per heavy atom. The van der Waals surface area contributed by atoms with Crippen molar-refractivity contribution < 1.29 is 14.4 Å². The van der Waals surface area contributed by atoms with Crippen LogP contribution in [0, 0.1) is 0 Å². The predicted octanol–water partition coefficient (Wildman–Crippen LogP) is 0.947. The van der Waals surface area contributed by atoms with Gasteiger partial charge in [-0.1, -0.05) is 6.07 Å². The van der Waals surface area contributed by atoms with E-state index in [4.69, 9.17) is 0 Å². The largest absolute Gasteiger partial charge is 0.341 e. The zero-order chi connectivity index (χ0) is 16.1. The minimum Gasteiger partial charge on any atom is -0.341 e. The lowest BCUT2D eigenvalue weighted by Gasteiger charge is -2.24. The van der Waals surface area contributed by atoms with Gasteiger partial charge in [0.25, 0.3) is 5.91 Å². The smallest absolute Gasteiger partial charge is 0.261 e. The van der Waals surface area contributed by atoms with Crippen LogP contribution in [0.4, 0.5) is 0 Å². The average molecular weight is 323 g/mol. The highest BCUT2D eigenvalue weighted by Gasteiger charge is 2.25. The van der Waals surface area contributed by atoms with Crippen molar-refractivity contribution in [2.24, 2.45) is 0 Å². The van der Waals surface area contributed by atoms with Gasteiger partial charge in [0.1, 0.15) is 6.04 Å². The van der Waals surface area contributed by atoms with Gasteiger partial charge in [-0.3, -0.25) is 14.4 Å². The molecular weight excluding hydrogens is 302 g/mol. The van der Waals surface area contributed by atoms with Crippen LogP contribution in [0.1, 0.15) is 29.9 Å². The monoisotopic (exact) mass is 323 g/mol. The fourth-order valence-electron chi connectivity index (χ4n) is 2.46. The van der Waals surface area contributed by atoms with Crippen molar-refractivity contribution in [3.8, 4) is 0 Å². The minimum absolute atomic E-state index is 0.0355. The van der Waals surface area contributed by atoms with Crippen molar-refractivity contribution in [2.45, 2.75) is 26.3 Å². The van der Waals surface area contributed by atoms with E-state index in [2.05, 4.69) is 5.32 Å². The van der Waals surface area contributed by atoms with Crippen LogP contribution in [-0.4, -0.2) is 59.7 Å². The molecule has 0 aromatic carbocycles. The van der Waals surface area contributed by atoms with E-state index in [1.165, 1.54) is 11.3 Å². The second-order valence-electron chi connectivity index (χ2n) is 5.36. The number of rotatable bonds is 3. The molecule has 0 spiro atoms. The van der Waals surface area contributed by atoms with Crippen LogP contribution in [0.5, 0.6) is 0 Å². The Kier molecular flexibility index (Phi) is 5.54. The van der Waals surface area contributed by atoms with Crippen LogP contribution in [0.15, 0.2) is 17.5 Å². The van der Waals surface area contributed by atoms with Gasteiger partial charge < -0.3 is 15.1 Å². The van der Waals surface area contributed by atoms with Gasteiger partial charge in [0.15, 0.2) is 0 Å². The first-order valence-electron chi connectivity index (χ1n) is 7.37. The number of nitrogens with one attached hydrogen (secondary N) is 1. The van der Waals surface area contributed by atoms with Crippen LogP contribution < -0.4 is 5.32 Å². The molecular formula is C15H21N3O3S. The maximum atomic E-state index is 12.4. The second-order valence-corrected chi connectivity index (χ2v) is 6.31. The van der Waals surface area contributed by atoms with Gasteiger partial charge in [-0.25, -0.2) is 0 Å². The maximum absolute atomic E-state index is 12.4. The molecule has 0 radical (unpaired) electrons. The van der Waals surface area contributed by atoms with Crippen LogP contribution >= 0.6 is 11.3 Å². The molecule has 2 rings (SSSR count). The summed E-state index contributed by atoms with van der Waals surface area (Å²) in [6.07, 6.45) is 0.761. The summed E-state index contributed by atoms with van der Waals surface area (Å²) in [7, 11) is 0. The summed E-state index contributed by atoms with van der Waals surface area (Å²) in [5.41, 5.74) is 0. The third kappa shape index (κ3) is 4.07. The van der Waals surface area contributed by atoms with Gasteiger partial charge in [0.05, 0.1) is 4.88 Å². The lowest BCUT2D eigenvalue weighted by atomic mass is 10.2. The summed E-state index contributed by atoms with van der Waals surface area (Å²) in [5.74, 6) is -0.292. The molecule has 22 heavy (non-hydrogen) atoms. The summed E-state index contributed by atoms with van der Waals surface area (Å²) in [4.78, 5) is 39.9. The van der Waals surface area contributed by atoms with E-state index in [0.29, 0.717) is 31.1 Å². The molecule has 1 fully saturated rings. The lowest BCUT2D eigenvalue weighted by Crippen LogP contribution is -2.48. The molecule has 1 saturated heterocycles. The number of carbonyl (C=O) groups is 3. The molecule has 0 bridgehead atoms. The van der Waals surface area contributed by atoms with Gasteiger partial charge in [0.2, 0.25) is 11.8 Å². The van der Waals surface area contributed by atoms with E-state index in [0.717, 1.165) is 6.42 Å². The van der Waals surface area contributed by atoms with Gasteiger partial charge in [0, 0.05) is 33.1 Å². The van der Waals surface area contributed by atoms with E-state index in [-0.39, 0.29) is 17.7 Å². The molecule has 0 saturated carbocycles. The van der Waals surface area contributed by atoms with E-state index in [1.807, 2.05) is 5.38 Å². The molecule has 6 nitrogen and oxygen atoms in total. The Morgan fingerprint density at radius 3 is 2.50 bits per heavy atom. The predicted molar refractivity (Wildman–Crippen MR) is 84.7 cm³/mol. The summed E-state index contributed by atoms with van der Waals surface area (Å²) in [6, 6.07) is 2.96. The van der Waals surface area contributed by atoms with Crippen molar-refractivity contribution in [2.75, 3.05) is 26.2 Å². The van der Waals surface area contributed by atoms with Crippen LogP contribution in [0.3, 0.4) is 0 Å².